The molecule has 0 spiro atoms. The van der Waals surface area contributed by atoms with Crippen LogP contribution in [0.25, 0.3) is 0 Å². The van der Waals surface area contributed by atoms with E-state index in [1.54, 1.807) is 0 Å². The number of unbranched alkanes of at least 4 members (excludes halogenated alkanes) is 4. The van der Waals surface area contributed by atoms with Gasteiger partial charge in [0.2, 0.25) is 0 Å². The van der Waals surface area contributed by atoms with Crippen molar-refractivity contribution in [2.75, 3.05) is 18.4 Å². The Morgan fingerprint density at radius 2 is 1.74 bits per heavy atom. The molecule has 1 N–H and O–H groups in total. The van der Waals surface area contributed by atoms with E-state index in [1.165, 1.54) is 31.2 Å². The first-order valence-electron chi connectivity index (χ1n) is 9.96. The summed E-state index contributed by atoms with van der Waals surface area (Å²) in [6, 6.07) is 15.8. The molecule has 0 heterocycles. The zero-order chi connectivity index (χ0) is 19.5. The summed E-state index contributed by atoms with van der Waals surface area (Å²) in [4.78, 5) is 14.8. The molecule has 2 rings (SSSR count). The number of nitrogens with zero attached hydrogens (tertiary/aromatic N) is 1. The van der Waals surface area contributed by atoms with E-state index in [4.69, 9.17) is 11.6 Å². The first-order chi connectivity index (χ1) is 13.1. The standard InChI is InChI=1S/C23H31ClN2O/c1-3-4-5-6-10-16-26(17-15-20-11-8-7-9-12-20)23(27)25-22-14-13-21(24)18-19(22)2/h7-9,11-14,18H,3-6,10,15-17H2,1-2H3,(H,25,27). The van der Waals surface area contributed by atoms with Crippen molar-refractivity contribution in [3.8, 4) is 0 Å². The van der Waals surface area contributed by atoms with Crippen molar-refractivity contribution in [1.29, 1.82) is 0 Å². The number of halogens is 1. The molecule has 0 aliphatic rings. The topological polar surface area (TPSA) is 32.3 Å². The summed E-state index contributed by atoms with van der Waals surface area (Å²) < 4.78 is 0. The second-order valence-corrected chi connectivity index (χ2v) is 7.46. The Hall–Kier alpha value is -2.00. The second kappa shape index (κ2) is 11.7. The van der Waals surface area contributed by atoms with E-state index >= 15 is 0 Å². The van der Waals surface area contributed by atoms with Gasteiger partial charge in [-0.2, -0.15) is 0 Å². The third-order valence-corrected chi connectivity index (χ3v) is 5.00. The molecule has 0 unspecified atom stereocenters. The van der Waals surface area contributed by atoms with Gasteiger partial charge < -0.3 is 10.2 Å². The van der Waals surface area contributed by atoms with Gasteiger partial charge in [-0.05, 0) is 49.1 Å². The monoisotopic (exact) mass is 386 g/mol. The molecule has 0 aliphatic heterocycles. The van der Waals surface area contributed by atoms with Gasteiger partial charge in [0.05, 0.1) is 0 Å². The number of anilines is 1. The van der Waals surface area contributed by atoms with Gasteiger partial charge in [0, 0.05) is 23.8 Å². The van der Waals surface area contributed by atoms with Crippen molar-refractivity contribution in [2.24, 2.45) is 0 Å². The first kappa shape index (κ1) is 21.3. The normalized spacial score (nSPS) is 10.6. The molecule has 0 aromatic heterocycles. The smallest absolute Gasteiger partial charge is 0.321 e. The van der Waals surface area contributed by atoms with Crippen LogP contribution < -0.4 is 5.32 Å². The summed E-state index contributed by atoms with van der Waals surface area (Å²) in [5.74, 6) is 0. The number of carbonyl (C=O) groups excluding carboxylic acids is 1. The van der Waals surface area contributed by atoms with Crippen molar-refractivity contribution in [1.82, 2.24) is 4.90 Å². The van der Waals surface area contributed by atoms with Crippen LogP contribution >= 0.6 is 11.6 Å². The van der Waals surface area contributed by atoms with Crippen molar-refractivity contribution in [2.45, 2.75) is 52.4 Å². The minimum atomic E-state index is -0.0353. The molecule has 2 aromatic carbocycles. The van der Waals surface area contributed by atoms with Gasteiger partial charge in [0.1, 0.15) is 0 Å². The summed E-state index contributed by atoms with van der Waals surface area (Å²) in [5, 5.41) is 3.74. The molecule has 2 amide bonds. The fourth-order valence-electron chi connectivity index (χ4n) is 3.09. The number of rotatable bonds is 10. The SMILES string of the molecule is CCCCCCCN(CCc1ccccc1)C(=O)Nc1ccc(Cl)cc1C. The number of hydrogen-bond donors (Lipinski definition) is 1. The highest BCUT2D eigenvalue weighted by atomic mass is 35.5. The highest BCUT2D eigenvalue weighted by Gasteiger charge is 2.14. The van der Waals surface area contributed by atoms with Crippen LogP contribution in [0.2, 0.25) is 5.02 Å². The van der Waals surface area contributed by atoms with E-state index in [2.05, 4.69) is 24.4 Å². The van der Waals surface area contributed by atoms with Crippen LogP contribution in [0.5, 0.6) is 0 Å². The zero-order valence-electron chi connectivity index (χ0n) is 16.5. The summed E-state index contributed by atoms with van der Waals surface area (Å²) in [6.07, 6.45) is 6.81. The molecule has 0 fully saturated rings. The average molecular weight is 387 g/mol. The molecule has 27 heavy (non-hydrogen) atoms. The zero-order valence-corrected chi connectivity index (χ0v) is 17.3. The Kier molecular flexibility index (Phi) is 9.20. The average Bonchev–Trinajstić information content (AvgIpc) is 2.67. The van der Waals surface area contributed by atoms with Crippen molar-refractivity contribution >= 4 is 23.3 Å². The molecule has 146 valence electrons. The Morgan fingerprint density at radius 1 is 1.00 bits per heavy atom. The fourth-order valence-corrected chi connectivity index (χ4v) is 3.32. The van der Waals surface area contributed by atoms with Crippen molar-refractivity contribution < 1.29 is 4.79 Å². The van der Waals surface area contributed by atoms with Crippen LogP contribution in [-0.4, -0.2) is 24.0 Å². The quantitative estimate of drug-likeness (QED) is 0.453. The number of carbonyl (C=O) groups is 1. The Balaban J connectivity index is 1.96. The molecular formula is C23H31ClN2O. The number of urea groups is 1. The van der Waals surface area contributed by atoms with Gasteiger partial charge in [0.25, 0.3) is 0 Å². The number of aryl methyl sites for hydroxylation is 1. The molecule has 0 saturated carbocycles. The third kappa shape index (κ3) is 7.64. The molecule has 0 bridgehead atoms. The van der Waals surface area contributed by atoms with Crippen LogP contribution in [0.3, 0.4) is 0 Å². The van der Waals surface area contributed by atoms with Crippen molar-refractivity contribution in [3.63, 3.8) is 0 Å². The van der Waals surface area contributed by atoms with E-state index in [1.807, 2.05) is 48.2 Å². The predicted molar refractivity (Wildman–Crippen MR) is 116 cm³/mol. The minimum Gasteiger partial charge on any atom is -0.324 e. The minimum absolute atomic E-state index is 0.0353. The van der Waals surface area contributed by atoms with Crippen LogP contribution in [-0.2, 0) is 6.42 Å². The molecule has 4 heteroatoms. The van der Waals surface area contributed by atoms with E-state index in [0.29, 0.717) is 5.02 Å². The summed E-state index contributed by atoms with van der Waals surface area (Å²) in [5.41, 5.74) is 3.05. The van der Waals surface area contributed by atoms with Crippen LogP contribution in [0.15, 0.2) is 48.5 Å². The van der Waals surface area contributed by atoms with Gasteiger partial charge in [-0.1, -0.05) is 74.5 Å². The Labute approximate surface area is 168 Å². The highest BCUT2D eigenvalue weighted by Crippen LogP contribution is 2.20. The predicted octanol–water partition coefficient (Wildman–Crippen LogP) is 6.70. The number of hydrogen-bond acceptors (Lipinski definition) is 1. The van der Waals surface area contributed by atoms with Gasteiger partial charge in [-0.15, -0.1) is 0 Å². The lowest BCUT2D eigenvalue weighted by Gasteiger charge is -2.24. The Morgan fingerprint density at radius 3 is 2.44 bits per heavy atom. The molecule has 0 aliphatic carbocycles. The largest absolute Gasteiger partial charge is 0.324 e. The van der Waals surface area contributed by atoms with E-state index in [-0.39, 0.29) is 6.03 Å². The fraction of sp³-hybridized carbons (Fsp3) is 0.435. The van der Waals surface area contributed by atoms with Gasteiger partial charge in [-0.25, -0.2) is 4.79 Å². The lowest BCUT2D eigenvalue weighted by molar-refractivity contribution is 0.211. The van der Waals surface area contributed by atoms with E-state index in [0.717, 1.165) is 37.2 Å². The number of nitrogens with one attached hydrogen (secondary N) is 1. The van der Waals surface area contributed by atoms with Gasteiger partial charge in [-0.3, -0.25) is 0 Å². The number of benzene rings is 2. The van der Waals surface area contributed by atoms with E-state index < -0.39 is 0 Å². The van der Waals surface area contributed by atoms with Crippen LogP contribution in [0.1, 0.15) is 50.2 Å². The first-order valence-corrected chi connectivity index (χ1v) is 10.3. The summed E-state index contributed by atoms with van der Waals surface area (Å²) >= 11 is 6.02. The molecule has 2 aromatic rings. The molecule has 0 atom stereocenters. The maximum absolute atomic E-state index is 12.9. The summed E-state index contributed by atoms with van der Waals surface area (Å²) in [6.45, 7) is 5.68. The third-order valence-electron chi connectivity index (χ3n) is 4.76. The lowest BCUT2D eigenvalue weighted by Crippen LogP contribution is -2.37. The summed E-state index contributed by atoms with van der Waals surface area (Å²) in [7, 11) is 0. The highest BCUT2D eigenvalue weighted by molar-refractivity contribution is 6.30. The molecular weight excluding hydrogens is 356 g/mol. The van der Waals surface area contributed by atoms with Gasteiger partial charge in [0.15, 0.2) is 0 Å². The second-order valence-electron chi connectivity index (χ2n) is 7.03. The van der Waals surface area contributed by atoms with Crippen molar-refractivity contribution in [3.05, 3.63) is 64.7 Å². The maximum atomic E-state index is 12.9. The maximum Gasteiger partial charge on any atom is 0.321 e. The van der Waals surface area contributed by atoms with Crippen LogP contribution in [0.4, 0.5) is 10.5 Å². The molecule has 3 nitrogen and oxygen atoms in total. The lowest BCUT2D eigenvalue weighted by atomic mass is 10.1. The molecule has 0 radical (unpaired) electrons. The Bertz CT molecular complexity index is 703. The molecule has 0 saturated heterocycles. The van der Waals surface area contributed by atoms with Crippen LogP contribution in [0, 0.1) is 6.92 Å². The van der Waals surface area contributed by atoms with E-state index in [9.17, 15) is 4.79 Å². The van der Waals surface area contributed by atoms with Gasteiger partial charge >= 0.3 is 6.03 Å². The number of amides is 2.